The van der Waals surface area contributed by atoms with Crippen molar-refractivity contribution in [3.8, 4) is 0 Å². The van der Waals surface area contributed by atoms with E-state index < -0.39 is 7.14 Å². The molecule has 0 aromatic carbocycles. The van der Waals surface area contributed by atoms with E-state index in [1.165, 1.54) is 0 Å². The molecule has 0 spiro atoms. The maximum atomic E-state index is 11.6. The Morgan fingerprint density at radius 1 is 1.36 bits per heavy atom. The van der Waals surface area contributed by atoms with E-state index in [1.54, 1.807) is 0 Å². The van der Waals surface area contributed by atoms with Gasteiger partial charge in [-0.05, 0) is 30.9 Å². The van der Waals surface area contributed by atoms with Gasteiger partial charge in [0.05, 0.1) is 7.14 Å². The lowest BCUT2D eigenvalue weighted by Gasteiger charge is -2.08. The summed E-state index contributed by atoms with van der Waals surface area (Å²) >= 11 is 0. The summed E-state index contributed by atoms with van der Waals surface area (Å²) < 4.78 is 11.6. The Hall–Kier alpha value is -0.620. The fourth-order valence-electron chi connectivity index (χ4n) is 1.31. The van der Waals surface area contributed by atoms with Gasteiger partial charge < -0.3 is 4.57 Å². The van der Waals surface area contributed by atoms with Gasteiger partial charge in [0.15, 0.2) is 0 Å². The molecule has 78 valence electrons. The summed E-state index contributed by atoms with van der Waals surface area (Å²) in [5.41, 5.74) is 2.17. The molecule has 1 heterocycles. The molecule has 1 aromatic heterocycles. The molecule has 0 fully saturated rings. The van der Waals surface area contributed by atoms with Gasteiger partial charge >= 0.3 is 0 Å². The Balaban J connectivity index is 2.79. The number of hydrogen-bond acceptors (Lipinski definition) is 2. The van der Waals surface area contributed by atoms with Crippen molar-refractivity contribution in [3.05, 3.63) is 29.6 Å². The highest BCUT2D eigenvalue weighted by Crippen LogP contribution is 2.40. The van der Waals surface area contributed by atoms with E-state index >= 15 is 0 Å². The summed E-state index contributed by atoms with van der Waals surface area (Å²) in [6, 6.07) is 4.05. The van der Waals surface area contributed by atoms with Crippen LogP contribution < -0.4 is 0 Å². The van der Waals surface area contributed by atoms with Gasteiger partial charge in [-0.15, -0.1) is 0 Å². The van der Waals surface area contributed by atoms with Crippen molar-refractivity contribution in [2.45, 2.75) is 25.9 Å². The number of nitrogens with zero attached hydrogens (tertiary/aromatic N) is 1. The monoisotopic (exact) mass is 211 g/mol. The van der Waals surface area contributed by atoms with Crippen LogP contribution in [0.4, 0.5) is 0 Å². The number of hydrogen-bond donors (Lipinski definition) is 0. The van der Waals surface area contributed by atoms with Crippen molar-refractivity contribution in [1.29, 1.82) is 0 Å². The van der Waals surface area contributed by atoms with Crippen LogP contribution in [0.25, 0.3) is 0 Å². The van der Waals surface area contributed by atoms with Gasteiger partial charge in [-0.25, -0.2) is 0 Å². The highest BCUT2D eigenvalue weighted by Gasteiger charge is 2.09. The number of pyridine rings is 1. The summed E-state index contributed by atoms with van der Waals surface area (Å²) in [5, 5.41) is 0. The summed E-state index contributed by atoms with van der Waals surface area (Å²) in [6.07, 6.45) is 2.49. The van der Waals surface area contributed by atoms with Gasteiger partial charge in [0.2, 0.25) is 0 Å². The molecule has 1 rings (SSSR count). The molecule has 0 aliphatic heterocycles. The number of rotatable bonds is 3. The van der Waals surface area contributed by atoms with E-state index in [2.05, 4.69) is 18.8 Å². The Bertz CT molecular complexity index is 337. The van der Waals surface area contributed by atoms with Crippen LogP contribution in [0.5, 0.6) is 0 Å². The fourth-order valence-corrected chi connectivity index (χ4v) is 2.38. The second kappa shape index (κ2) is 4.27. The first-order valence-corrected chi connectivity index (χ1v) is 7.66. The van der Waals surface area contributed by atoms with Gasteiger partial charge in [0.1, 0.15) is 0 Å². The van der Waals surface area contributed by atoms with Crippen molar-refractivity contribution >= 4 is 7.14 Å². The molecule has 0 N–H and O–H groups in total. The lowest BCUT2D eigenvalue weighted by Crippen LogP contribution is -1.94. The predicted octanol–water partition coefficient (Wildman–Crippen LogP) is 3.33. The maximum Gasteiger partial charge on any atom is 0.0861 e. The largest absolute Gasteiger partial charge is 0.324 e. The Kier molecular flexibility index (Phi) is 3.49. The SMILES string of the molecule is CC(C)c1ccc(CP(C)(C)=O)cn1. The second-order valence-corrected chi connectivity index (χ2v) is 7.94. The van der Waals surface area contributed by atoms with Gasteiger partial charge in [-0.2, -0.15) is 0 Å². The smallest absolute Gasteiger partial charge is 0.0861 e. The Morgan fingerprint density at radius 2 is 2.00 bits per heavy atom. The van der Waals surface area contributed by atoms with Crippen LogP contribution >= 0.6 is 7.14 Å². The van der Waals surface area contributed by atoms with Crippen molar-refractivity contribution < 1.29 is 4.57 Å². The molecule has 0 amide bonds. The molecule has 0 radical (unpaired) electrons. The number of aromatic nitrogens is 1. The first kappa shape index (κ1) is 11.5. The zero-order valence-corrected chi connectivity index (χ0v) is 10.2. The molecule has 2 nitrogen and oxygen atoms in total. The van der Waals surface area contributed by atoms with E-state index in [1.807, 2.05) is 31.7 Å². The molecule has 0 unspecified atom stereocenters. The van der Waals surface area contributed by atoms with Crippen LogP contribution in [0.1, 0.15) is 31.0 Å². The molecule has 0 saturated carbocycles. The standard InChI is InChI=1S/C11H18NOP/c1-9(2)11-6-5-10(7-12-11)8-14(3,4)13/h5-7,9H,8H2,1-4H3. The third-order valence-corrected chi connectivity index (χ3v) is 3.13. The van der Waals surface area contributed by atoms with Crippen LogP contribution in [-0.4, -0.2) is 18.3 Å². The van der Waals surface area contributed by atoms with Crippen molar-refractivity contribution in [3.63, 3.8) is 0 Å². The molecule has 1 aromatic rings. The van der Waals surface area contributed by atoms with E-state index in [0.29, 0.717) is 12.1 Å². The van der Waals surface area contributed by atoms with Crippen LogP contribution in [-0.2, 0) is 10.7 Å². The summed E-state index contributed by atoms with van der Waals surface area (Å²) in [7, 11) is -1.97. The molecule has 3 heteroatoms. The van der Waals surface area contributed by atoms with Crippen LogP contribution in [0.3, 0.4) is 0 Å². The minimum Gasteiger partial charge on any atom is -0.324 e. The summed E-state index contributed by atoms with van der Waals surface area (Å²) in [5.74, 6) is 0.458. The zero-order chi connectivity index (χ0) is 10.8. The summed E-state index contributed by atoms with van der Waals surface area (Å²) in [6.45, 7) is 7.85. The van der Waals surface area contributed by atoms with E-state index in [-0.39, 0.29) is 0 Å². The van der Waals surface area contributed by atoms with E-state index in [9.17, 15) is 4.57 Å². The molecule has 0 bridgehead atoms. The normalized spacial score (nSPS) is 12.1. The minimum absolute atomic E-state index is 0.458. The zero-order valence-electron chi connectivity index (χ0n) is 9.32. The van der Waals surface area contributed by atoms with Gasteiger partial charge in [-0.3, -0.25) is 4.98 Å². The average molecular weight is 211 g/mol. The van der Waals surface area contributed by atoms with Crippen molar-refractivity contribution in [1.82, 2.24) is 4.98 Å². The minimum atomic E-state index is -1.97. The highest BCUT2D eigenvalue weighted by molar-refractivity contribution is 7.61. The van der Waals surface area contributed by atoms with Crippen LogP contribution in [0.2, 0.25) is 0 Å². The lowest BCUT2D eigenvalue weighted by atomic mass is 10.1. The highest BCUT2D eigenvalue weighted by atomic mass is 31.2. The molecule has 14 heavy (non-hydrogen) atoms. The molecular weight excluding hydrogens is 193 g/mol. The second-order valence-electron chi connectivity index (χ2n) is 4.48. The topological polar surface area (TPSA) is 30.0 Å². The maximum absolute atomic E-state index is 11.6. The third-order valence-electron chi connectivity index (χ3n) is 2.00. The Labute approximate surface area is 86.1 Å². The van der Waals surface area contributed by atoms with Crippen LogP contribution in [0.15, 0.2) is 18.3 Å². The van der Waals surface area contributed by atoms with E-state index in [4.69, 9.17) is 0 Å². The quantitative estimate of drug-likeness (QED) is 0.718. The Morgan fingerprint density at radius 3 is 2.36 bits per heavy atom. The summed E-state index contributed by atoms with van der Waals surface area (Å²) in [4.78, 5) is 4.34. The molecular formula is C11H18NOP. The van der Waals surface area contributed by atoms with Gasteiger partial charge in [-0.1, -0.05) is 19.9 Å². The first-order valence-electron chi connectivity index (χ1n) is 4.87. The van der Waals surface area contributed by atoms with Gasteiger partial charge in [0, 0.05) is 18.1 Å². The third kappa shape index (κ3) is 3.63. The lowest BCUT2D eigenvalue weighted by molar-refractivity contribution is 0.582. The molecule has 0 atom stereocenters. The molecule has 0 aliphatic carbocycles. The van der Waals surface area contributed by atoms with Crippen molar-refractivity contribution in [2.24, 2.45) is 0 Å². The van der Waals surface area contributed by atoms with Crippen LogP contribution in [0, 0.1) is 0 Å². The molecule has 0 saturated heterocycles. The first-order chi connectivity index (χ1) is 6.38. The average Bonchev–Trinajstić information content (AvgIpc) is 2.02. The molecule has 0 aliphatic rings. The fraction of sp³-hybridized carbons (Fsp3) is 0.545. The predicted molar refractivity (Wildman–Crippen MR) is 61.5 cm³/mol. The van der Waals surface area contributed by atoms with Crippen molar-refractivity contribution in [2.75, 3.05) is 13.3 Å². The van der Waals surface area contributed by atoms with Gasteiger partial charge in [0.25, 0.3) is 0 Å². The van der Waals surface area contributed by atoms with E-state index in [0.717, 1.165) is 11.3 Å².